The minimum absolute atomic E-state index is 0.0618. The first-order chi connectivity index (χ1) is 9.17. The third kappa shape index (κ3) is 3.44. The number of rotatable bonds is 5. The minimum atomic E-state index is 0.0618. The molecule has 0 aliphatic carbocycles. The van der Waals surface area contributed by atoms with Crippen molar-refractivity contribution in [1.82, 2.24) is 15.2 Å². The summed E-state index contributed by atoms with van der Waals surface area (Å²) in [5.74, 6) is 7.71. The van der Waals surface area contributed by atoms with Crippen molar-refractivity contribution < 1.29 is 4.74 Å². The highest BCUT2D eigenvalue weighted by Crippen LogP contribution is 2.24. The summed E-state index contributed by atoms with van der Waals surface area (Å²) in [6, 6.07) is 0.0618. The monoisotopic (exact) mass is 304 g/mol. The molecular weight excluding hydrogens is 284 g/mol. The van der Waals surface area contributed by atoms with E-state index in [4.69, 9.17) is 22.2 Å². The van der Waals surface area contributed by atoms with E-state index in [2.05, 4.69) is 17.4 Å². The molecule has 0 saturated carbocycles. The van der Waals surface area contributed by atoms with Crippen molar-refractivity contribution in [3.63, 3.8) is 0 Å². The number of hydrogen-bond acceptors (Lipinski definition) is 5. The number of ether oxygens (including phenoxy) is 1. The number of hydrogen-bond donors (Lipinski definition) is 2. The van der Waals surface area contributed by atoms with E-state index < -0.39 is 0 Å². The minimum Gasteiger partial charge on any atom is -0.375 e. The van der Waals surface area contributed by atoms with Gasteiger partial charge in [0.2, 0.25) is 0 Å². The summed E-state index contributed by atoms with van der Waals surface area (Å²) in [5, 5.41) is 5.17. The second-order valence-electron chi connectivity index (χ2n) is 4.62. The fourth-order valence-electron chi connectivity index (χ4n) is 2.31. The van der Waals surface area contributed by atoms with Crippen molar-refractivity contribution in [3.8, 4) is 0 Å². The maximum atomic E-state index is 6.33. The molecule has 1 aliphatic rings. The smallest absolute Gasteiger partial charge is 0.0847 e. The molecule has 0 radical (unpaired) electrons. The number of aromatic nitrogens is 2. The van der Waals surface area contributed by atoms with Crippen molar-refractivity contribution in [3.05, 3.63) is 16.4 Å². The van der Waals surface area contributed by atoms with Crippen LogP contribution < -0.4 is 11.3 Å². The normalized spacial score (nSPS) is 21.6. The lowest BCUT2D eigenvalue weighted by Crippen LogP contribution is -2.49. The zero-order valence-corrected chi connectivity index (χ0v) is 12.9. The molecule has 1 aliphatic heterocycles. The van der Waals surface area contributed by atoms with E-state index in [9.17, 15) is 0 Å². The molecule has 0 bridgehead atoms. The van der Waals surface area contributed by atoms with E-state index in [-0.39, 0.29) is 12.1 Å². The number of thioether (sulfide) groups is 1. The zero-order chi connectivity index (χ0) is 13.8. The molecule has 2 unspecified atom stereocenters. The quantitative estimate of drug-likeness (QED) is 0.635. The maximum absolute atomic E-state index is 6.33. The Bertz CT molecular complexity index is 420. The first-order valence-electron chi connectivity index (χ1n) is 6.54. The van der Waals surface area contributed by atoms with Gasteiger partial charge in [-0.1, -0.05) is 11.6 Å². The molecule has 2 heterocycles. The van der Waals surface area contributed by atoms with E-state index in [0.717, 1.165) is 47.5 Å². The van der Waals surface area contributed by atoms with Crippen LogP contribution in [0.2, 0.25) is 5.02 Å². The van der Waals surface area contributed by atoms with Gasteiger partial charge in [-0.15, -0.1) is 0 Å². The summed E-state index contributed by atoms with van der Waals surface area (Å²) in [5.41, 5.74) is 4.77. The number of aryl methyl sites for hydroxylation is 2. The first-order valence-corrected chi connectivity index (χ1v) is 8.07. The third-order valence-electron chi connectivity index (χ3n) is 3.37. The van der Waals surface area contributed by atoms with E-state index in [0.29, 0.717) is 0 Å². The number of nitrogens with zero attached hydrogens (tertiary/aromatic N) is 2. The van der Waals surface area contributed by atoms with Crippen LogP contribution in [-0.2, 0) is 17.7 Å². The van der Waals surface area contributed by atoms with Crippen molar-refractivity contribution in [1.29, 1.82) is 0 Å². The van der Waals surface area contributed by atoms with Crippen molar-refractivity contribution >= 4 is 23.4 Å². The maximum Gasteiger partial charge on any atom is 0.0847 e. The molecule has 5 nitrogen and oxygen atoms in total. The Morgan fingerprint density at radius 2 is 2.47 bits per heavy atom. The summed E-state index contributed by atoms with van der Waals surface area (Å²) in [7, 11) is 0. The highest BCUT2D eigenvalue weighted by Gasteiger charge is 2.26. The molecule has 2 atom stereocenters. The Balaban J connectivity index is 2.13. The molecule has 0 aromatic carbocycles. The van der Waals surface area contributed by atoms with Gasteiger partial charge in [-0.25, -0.2) is 0 Å². The van der Waals surface area contributed by atoms with Gasteiger partial charge in [0, 0.05) is 24.5 Å². The predicted octanol–water partition coefficient (Wildman–Crippen LogP) is 1.37. The van der Waals surface area contributed by atoms with E-state index >= 15 is 0 Å². The number of nitrogens with two attached hydrogens (primary N) is 1. The lowest BCUT2D eigenvalue weighted by Gasteiger charge is -2.29. The molecule has 108 valence electrons. The van der Waals surface area contributed by atoms with E-state index in [1.807, 2.05) is 23.4 Å². The summed E-state index contributed by atoms with van der Waals surface area (Å²) in [4.78, 5) is 0. The molecule has 1 saturated heterocycles. The third-order valence-corrected chi connectivity index (χ3v) is 4.88. The van der Waals surface area contributed by atoms with Crippen LogP contribution in [0.1, 0.15) is 18.3 Å². The van der Waals surface area contributed by atoms with Gasteiger partial charge in [0.15, 0.2) is 0 Å². The van der Waals surface area contributed by atoms with Gasteiger partial charge < -0.3 is 4.74 Å². The van der Waals surface area contributed by atoms with Crippen LogP contribution >= 0.6 is 23.4 Å². The standard InChI is InChI=1S/C12H21ClN4OS/c1-3-17-10(12(13)8(2)16-17)6-9(15-14)11-7-19-5-4-18-11/h9,11,15H,3-7,14H2,1-2H3. The van der Waals surface area contributed by atoms with Crippen LogP contribution in [0.4, 0.5) is 0 Å². The van der Waals surface area contributed by atoms with E-state index in [1.165, 1.54) is 0 Å². The van der Waals surface area contributed by atoms with Crippen molar-refractivity contribution in [2.24, 2.45) is 5.84 Å². The summed E-state index contributed by atoms with van der Waals surface area (Å²) >= 11 is 8.24. The fourth-order valence-corrected chi connectivity index (χ4v) is 3.46. The van der Waals surface area contributed by atoms with Crippen LogP contribution in [0, 0.1) is 6.92 Å². The molecular formula is C12H21ClN4OS. The number of nitrogens with one attached hydrogen (secondary N) is 1. The van der Waals surface area contributed by atoms with Crippen LogP contribution in [0.3, 0.4) is 0 Å². The van der Waals surface area contributed by atoms with Gasteiger partial charge in [0.05, 0.1) is 35.2 Å². The summed E-state index contributed by atoms with van der Waals surface area (Å²) in [6.07, 6.45) is 0.857. The molecule has 1 aromatic rings. The highest BCUT2D eigenvalue weighted by molar-refractivity contribution is 7.99. The molecule has 19 heavy (non-hydrogen) atoms. The first kappa shape index (κ1) is 15.1. The molecule has 2 rings (SSSR count). The summed E-state index contributed by atoms with van der Waals surface area (Å²) in [6.45, 7) is 5.58. The summed E-state index contributed by atoms with van der Waals surface area (Å²) < 4.78 is 7.73. The second-order valence-corrected chi connectivity index (χ2v) is 6.15. The Morgan fingerprint density at radius 1 is 1.68 bits per heavy atom. The second kappa shape index (κ2) is 6.95. The van der Waals surface area contributed by atoms with Gasteiger partial charge in [0.1, 0.15) is 0 Å². The fraction of sp³-hybridized carbons (Fsp3) is 0.750. The topological polar surface area (TPSA) is 65.1 Å². The van der Waals surface area contributed by atoms with Gasteiger partial charge >= 0.3 is 0 Å². The molecule has 0 amide bonds. The van der Waals surface area contributed by atoms with Gasteiger partial charge in [-0.3, -0.25) is 16.0 Å². The van der Waals surface area contributed by atoms with Crippen LogP contribution in [0.5, 0.6) is 0 Å². The average molecular weight is 305 g/mol. The van der Waals surface area contributed by atoms with Gasteiger partial charge in [-0.05, 0) is 13.8 Å². The predicted molar refractivity (Wildman–Crippen MR) is 79.5 cm³/mol. The van der Waals surface area contributed by atoms with Crippen LogP contribution in [0.25, 0.3) is 0 Å². The largest absolute Gasteiger partial charge is 0.375 e. The Labute approximate surface area is 123 Å². The zero-order valence-electron chi connectivity index (χ0n) is 11.4. The number of halogens is 1. The highest BCUT2D eigenvalue weighted by atomic mass is 35.5. The molecule has 1 aromatic heterocycles. The van der Waals surface area contributed by atoms with Crippen molar-refractivity contribution in [2.75, 3.05) is 18.1 Å². The van der Waals surface area contributed by atoms with Gasteiger partial charge in [0.25, 0.3) is 0 Å². The van der Waals surface area contributed by atoms with Crippen LogP contribution in [-0.4, -0.2) is 40.0 Å². The Morgan fingerprint density at radius 3 is 3.05 bits per heavy atom. The van der Waals surface area contributed by atoms with E-state index in [1.54, 1.807) is 0 Å². The SMILES string of the molecule is CCn1nc(C)c(Cl)c1CC(NN)C1CSCCO1. The Kier molecular flexibility index (Phi) is 5.53. The molecule has 3 N–H and O–H groups in total. The van der Waals surface area contributed by atoms with Crippen molar-refractivity contribution in [2.45, 2.75) is 39.0 Å². The molecule has 1 fully saturated rings. The lowest BCUT2D eigenvalue weighted by molar-refractivity contribution is 0.0467. The van der Waals surface area contributed by atoms with Gasteiger partial charge in [-0.2, -0.15) is 16.9 Å². The molecule has 0 spiro atoms. The van der Waals surface area contributed by atoms with Crippen LogP contribution in [0.15, 0.2) is 0 Å². The Hall–Kier alpha value is -0.270. The number of hydrazine groups is 1. The molecule has 7 heteroatoms. The average Bonchev–Trinajstić information content (AvgIpc) is 2.72. The lowest BCUT2D eigenvalue weighted by atomic mass is 10.1.